The monoisotopic (exact) mass is 780 g/mol. The molecule has 10 nitrogen and oxygen atoms in total. The zero-order chi connectivity index (χ0) is 40.2. The van der Waals surface area contributed by atoms with E-state index in [1.54, 1.807) is 0 Å². The second kappa shape index (κ2) is 46.3. The Morgan fingerprint density at radius 1 is 0.509 bits per heavy atom. The fraction of sp³-hybridized carbons (Fsp3) is 0.881. The smallest absolute Gasteiger partial charge is 0.305 e. The van der Waals surface area contributed by atoms with E-state index >= 15 is 0 Å². The molecule has 314 valence electrons. The van der Waals surface area contributed by atoms with Gasteiger partial charge in [0.1, 0.15) is 32.0 Å². The van der Waals surface area contributed by atoms with Crippen molar-refractivity contribution in [2.45, 2.75) is 213 Å². The Kier molecular flexibility index (Phi) is 48.4. The van der Waals surface area contributed by atoms with Gasteiger partial charge in [-0.1, -0.05) is 142 Å². The number of aliphatic hydroxyl groups excluding tert-OH is 3. The highest BCUT2D eigenvalue weighted by Gasteiger charge is 2.10. The van der Waals surface area contributed by atoms with E-state index in [0.29, 0.717) is 12.8 Å². The first-order valence-electron chi connectivity index (χ1n) is 20.9. The van der Waals surface area contributed by atoms with E-state index in [1.165, 1.54) is 149 Å². The summed E-state index contributed by atoms with van der Waals surface area (Å²) in [6.07, 6.45) is 31.5. The number of ether oxygens (including phenoxy) is 3. The largest absolute Gasteiger partial charge is 0.463 e. The van der Waals surface area contributed by atoms with Crippen molar-refractivity contribution in [2.24, 2.45) is 0 Å². The molecule has 0 bridgehead atoms. The second-order valence-corrected chi connectivity index (χ2v) is 14.5. The standard InChI is InChI=1S/C21H40O5.C19H37O4.C2H3ClO/c1-3-4-5-6-7-8-9-10-11-12-13-14-15-16-21(24)26-18-20(23)17-25-19(2)22;1-2-3-4-5-6-7-8-9-10-11-12-13-14-15-19(22)23-17-18(21)16-20;1-2(3)4/h20,23H,3-18H2,1-2H3;18,20-21H,1-17H2;1H3/q;+1;. The zero-order valence-electron chi connectivity index (χ0n) is 34.1. The summed E-state index contributed by atoms with van der Waals surface area (Å²) in [7, 11) is 0. The van der Waals surface area contributed by atoms with Gasteiger partial charge in [0.25, 0.3) is 0 Å². The van der Waals surface area contributed by atoms with Crippen LogP contribution in [0.2, 0.25) is 0 Å². The van der Waals surface area contributed by atoms with Crippen LogP contribution in [0.1, 0.15) is 201 Å². The summed E-state index contributed by atoms with van der Waals surface area (Å²) in [6.45, 7) is 7.94. The molecule has 0 heterocycles. The molecule has 0 rings (SSSR count). The van der Waals surface area contributed by atoms with Crippen molar-refractivity contribution in [1.82, 2.24) is 0 Å². The summed E-state index contributed by atoms with van der Waals surface area (Å²) in [5.74, 6) is -1.03. The van der Waals surface area contributed by atoms with Crippen molar-refractivity contribution in [3.63, 3.8) is 0 Å². The normalized spacial score (nSPS) is 11.7. The minimum absolute atomic E-state index is 0.106. The van der Waals surface area contributed by atoms with E-state index in [2.05, 4.69) is 30.2 Å². The fourth-order valence-electron chi connectivity index (χ4n) is 5.34. The van der Waals surface area contributed by atoms with Crippen LogP contribution in [-0.2, 0) is 33.4 Å². The maximum Gasteiger partial charge on any atom is 0.305 e. The first-order chi connectivity index (χ1) is 25.5. The van der Waals surface area contributed by atoms with E-state index in [1.807, 2.05) is 0 Å². The van der Waals surface area contributed by atoms with Crippen LogP contribution >= 0.6 is 11.6 Å². The number of carbonyl (C=O) groups excluding carboxylic acids is 4. The zero-order valence-corrected chi connectivity index (χ0v) is 34.8. The number of aliphatic hydroxyl groups is 3. The van der Waals surface area contributed by atoms with Crippen LogP contribution in [0.5, 0.6) is 0 Å². The lowest BCUT2D eigenvalue weighted by Crippen LogP contribution is -2.24. The first-order valence-corrected chi connectivity index (χ1v) is 21.2. The first kappa shape index (κ1) is 55.5. The SMILES string of the molecule is CC(=O)Cl.CCCCCCCCCCCCCCCC(=O)OCC(O)COC(C)=O.[CH2+]CCCCCCCCCCCCCCC(=O)OCC(O)CO. The molecule has 0 saturated carbocycles. The molecule has 2 atom stereocenters. The van der Waals surface area contributed by atoms with Gasteiger partial charge in [-0.3, -0.25) is 19.2 Å². The number of esters is 3. The predicted octanol–water partition coefficient (Wildman–Crippen LogP) is 9.88. The van der Waals surface area contributed by atoms with Gasteiger partial charge in [0.2, 0.25) is 5.24 Å². The number of carbonyl (C=O) groups is 4. The van der Waals surface area contributed by atoms with Crippen LogP contribution < -0.4 is 0 Å². The van der Waals surface area contributed by atoms with Gasteiger partial charge < -0.3 is 29.5 Å². The maximum absolute atomic E-state index is 11.5. The highest BCUT2D eigenvalue weighted by molar-refractivity contribution is 6.62. The number of halogens is 1. The molecule has 0 amide bonds. The van der Waals surface area contributed by atoms with Crippen molar-refractivity contribution in [1.29, 1.82) is 0 Å². The average Bonchev–Trinajstić information content (AvgIpc) is 3.12. The molecule has 0 aromatic carbocycles. The van der Waals surface area contributed by atoms with Crippen molar-refractivity contribution in [3.8, 4) is 0 Å². The molecular weight excluding hydrogens is 700 g/mol. The molecule has 3 N–H and O–H groups in total. The average molecular weight is 781 g/mol. The minimum Gasteiger partial charge on any atom is -0.463 e. The Morgan fingerprint density at radius 3 is 1.09 bits per heavy atom. The molecule has 0 aromatic rings. The van der Waals surface area contributed by atoms with Gasteiger partial charge in [0.15, 0.2) is 0 Å². The number of rotatable bonds is 35. The summed E-state index contributed by atoms with van der Waals surface area (Å²) >= 11 is 4.64. The van der Waals surface area contributed by atoms with E-state index in [-0.39, 0.29) is 43.6 Å². The number of hydrogen-bond acceptors (Lipinski definition) is 10. The topological polar surface area (TPSA) is 157 Å². The van der Waals surface area contributed by atoms with Gasteiger partial charge in [-0.25, -0.2) is 0 Å². The molecule has 0 aliphatic carbocycles. The van der Waals surface area contributed by atoms with Gasteiger partial charge in [0.05, 0.1) is 20.0 Å². The molecule has 53 heavy (non-hydrogen) atoms. The fourth-order valence-corrected chi connectivity index (χ4v) is 5.34. The van der Waals surface area contributed by atoms with E-state index < -0.39 is 18.2 Å². The molecule has 0 aliphatic heterocycles. The summed E-state index contributed by atoms with van der Waals surface area (Å²) in [4.78, 5) is 42.7. The van der Waals surface area contributed by atoms with Crippen molar-refractivity contribution >= 4 is 34.8 Å². The molecule has 0 aliphatic rings. The minimum atomic E-state index is -0.956. The van der Waals surface area contributed by atoms with Crippen LogP contribution in [0, 0.1) is 6.92 Å². The van der Waals surface area contributed by atoms with Gasteiger partial charge >= 0.3 is 17.9 Å². The molecule has 2 unspecified atom stereocenters. The van der Waals surface area contributed by atoms with Crippen molar-refractivity contribution in [2.75, 3.05) is 26.4 Å². The lowest BCUT2D eigenvalue weighted by atomic mass is 10.0. The maximum atomic E-state index is 11.5. The quantitative estimate of drug-likeness (QED) is 0.0186. The van der Waals surface area contributed by atoms with Gasteiger partial charge in [-0.15, -0.1) is 0 Å². The van der Waals surface area contributed by atoms with Crippen LogP contribution in [0.25, 0.3) is 0 Å². The lowest BCUT2D eigenvalue weighted by molar-refractivity contribution is -0.151. The summed E-state index contributed by atoms with van der Waals surface area (Å²) in [5.41, 5.74) is 0. The van der Waals surface area contributed by atoms with Gasteiger partial charge in [-0.05, 0) is 37.3 Å². The molecule has 0 saturated heterocycles. The summed E-state index contributed by atoms with van der Waals surface area (Å²) in [6, 6.07) is 0. The van der Waals surface area contributed by atoms with Crippen LogP contribution in [0.3, 0.4) is 0 Å². The van der Waals surface area contributed by atoms with Gasteiger partial charge in [-0.2, -0.15) is 0 Å². The van der Waals surface area contributed by atoms with Crippen molar-refractivity contribution < 1.29 is 48.7 Å². The Morgan fingerprint density at radius 2 is 0.792 bits per heavy atom. The van der Waals surface area contributed by atoms with Crippen LogP contribution in [0.15, 0.2) is 0 Å². The Bertz CT molecular complexity index is 807. The lowest BCUT2D eigenvalue weighted by Gasteiger charge is -2.11. The third-order valence-corrected chi connectivity index (χ3v) is 8.43. The molecule has 0 aromatic heterocycles. The summed E-state index contributed by atoms with van der Waals surface area (Å²) < 4.78 is 14.5. The molecular formula is C42H80ClO10+. The van der Waals surface area contributed by atoms with Crippen molar-refractivity contribution in [3.05, 3.63) is 6.92 Å². The number of unbranched alkanes of at least 4 members (excludes halogenated alkanes) is 24. The summed E-state index contributed by atoms with van der Waals surface area (Å²) in [5, 5.41) is 26.8. The molecule has 0 fully saturated rings. The highest BCUT2D eigenvalue weighted by atomic mass is 35.5. The Balaban J connectivity index is -0.000000860. The van der Waals surface area contributed by atoms with Crippen LogP contribution in [-0.4, -0.2) is 77.1 Å². The third-order valence-electron chi connectivity index (χ3n) is 8.43. The van der Waals surface area contributed by atoms with E-state index in [4.69, 9.17) is 19.7 Å². The van der Waals surface area contributed by atoms with E-state index in [0.717, 1.165) is 32.1 Å². The molecule has 0 spiro atoms. The highest BCUT2D eigenvalue weighted by Crippen LogP contribution is 2.14. The van der Waals surface area contributed by atoms with Gasteiger partial charge in [0, 0.05) is 26.7 Å². The van der Waals surface area contributed by atoms with Crippen LogP contribution in [0.4, 0.5) is 0 Å². The van der Waals surface area contributed by atoms with E-state index in [9.17, 15) is 24.3 Å². The second-order valence-electron chi connectivity index (χ2n) is 14.0. The number of hydrogen-bond donors (Lipinski definition) is 3. The molecule has 11 heteroatoms. The molecule has 0 radical (unpaired) electrons. The Hall–Kier alpha value is -1.88. The predicted molar refractivity (Wildman–Crippen MR) is 214 cm³/mol. The third kappa shape index (κ3) is 57.0. The Labute approximate surface area is 328 Å².